The highest BCUT2D eigenvalue weighted by atomic mass is 16.3. The Bertz CT molecular complexity index is 716. The Morgan fingerprint density at radius 1 is 1.15 bits per heavy atom. The van der Waals surface area contributed by atoms with E-state index in [-0.39, 0.29) is 0 Å². The van der Waals surface area contributed by atoms with Gasteiger partial charge in [0.25, 0.3) is 0 Å². The fourth-order valence-corrected chi connectivity index (χ4v) is 2.18. The molecule has 3 rings (SSSR count). The molecule has 102 valence electrons. The van der Waals surface area contributed by atoms with E-state index in [1.54, 1.807) is 0 Å². The van der Waals surface area contributed by atoms with Crippen molar-refractivity contribution in [3.05, 3.63) is 48.0 Å². The first-order valence-corrected chi connectivity index (χ1v) is 6.79. The van der Waals surface area contributed by atoms with Gasteiger partial charge in [-0.25, -0.2) is 4.98 Å². The van der Waals surface area contributed by atoms with Gasteiger partial charge in [-0.05, 0) is 30.7 Å². The van der Waals surface area contributed by atoms with Crippen LogP contribution in [-0.4, -0.2) is 17.0 Å². The molecule has 4 nitrogen and oxygen atoms in total. The van der Waals surface area contributed by atoms with Crippen molar-refractivity contribution in [3.8, 4) is 11.1 Å². The Kier molecular flexibility index (Phi) is 3.48. The number of fused-ring (bicyclic) bond motifs is 1. The predicted molar refractivity (Wildman–Crippen MR) is 79.4 cm³/mol. The minimum Gasteiger partial charge on any atom is -0.438 e. The van der Waals surface area contributed by atoms with Crippen molar-refractivity contribution in [1.82, 2.24) is 15.3 Å². The van der Waals surface area contributed by atoms with Crippen LogP contribution in [0.5, 0.6) is 0 Å². The summed E-state index contributed by atoms with van der Waals surface area (Å²) in [5.74, 6) is 0.661. The van der Waals surface area contributed by atoms with E-state index in [0.717, 1.165) is 23.1 Å². The lowest BCUT2D eigenvalue weighted by atomic mass is 10.0. The van der Waals surface area contributed by atoms with E-state index < -0.39 is 0 Å². The Hall–Kier alpha value is -2.20. The first kappa shape index (κ1) is 12.8. The first-order chi connectivity index (χ1) is 9.80. The lowest BCUT2D eigenvalue weighted by Crippen LogP contribution is -2.04. The van der Waals surface area contributed by atoms with Gasteiger partial charge in [0, 0.05) is 11.8 Å². The molecule has 0 aliphatic heterocycles. The van der Waals surface area contributed by atoms with Crippen molar-refractivity contribution in [2.24, 2.45) is 0 Å². The van der Waals surface area contributed by atoms with E-state index in [9.17, 15) is 0 Å². The zero-order chi connectivity index (χ0) is 13.9. The molecule has 1 aromatic carbocycles. The van der Waals surface area contributed by atoms with E-state index in [4.69, 9.17) is 4.42 Å². The van der Waals surface area contributed by atoms with Gasteiger partial charge in [-0.1, -0.05) is 31.2 Å². The Labute approximate surface area is 117 Å². The smallest absolute Gasteiger partial charge is 0.211 e. The van der Waals surface area contributed by atoms with Crippen molar-refractivity contribution in [2.45, 2.75) is 19.9 Å². The van der Waals surface area contributed by atoms with Crippen LogP contribution in [0, 0.1) is 0 Å². The van der Waals surface area contributed by atoms with Crippen molar-refractivity contribution in [2.75, 3.05) is 7.05 Å². The first-order valence-electron chi connectivity index (χ1n) is 6.79. The quantitative estimate of drug-likeness (QED) is 0.788. The van der Waals surface area contributed by atoms with Crippen LogP contribution in [0.15, 0.2) is 40.9 Å². The largest absolute Gasteiger partial charge is 0.438 e. The molecule has 20 heavy (non-hydrogen) atoms. The summed E-state index contributed by atoms with van der Waals surface area (Å²) in [6.45, 7) is 2.76. The second-order valence-electron chi connectivity index (χ2n) is 4.73. The number of rotatable bonds is 4. The standard InChI is InChI=1S/C16H17N3O/c1-3-11-4-6-12(7-5-11)13-8-14-16(18-9-13)19-15(20-14)10-17-2/h4-9,17H,3,10H2,1-2H3. The maximum atomic E-state index is 5.68. The fourth-order valence-electron chi connectivity index (χ4n) is 2.18. The third-order valence-corrected chi connectivity index (χ3v) is 3.31. The summed E-state index contributed by atoms with van der Waals surface area (Å²) in [5, 5.41) is 3.02. The number of hydrogen-bond acceptors (Lipinski definition) is 4. The van der Waals surface area contributed by atoms with Crippen molar-refractivity contribution < 1.29 is 4.42 Å². The van der Waals surface area contributed by atoms with Gasteiger partial charge in [0.1, 0.15) is 0 Å². The van der Waals surface area contributed by atoms with Gasteiger partial charge >= 0.3 is 0 Å². The SMILES string of the molecule is CCc1ccc(-c2cnc3nc(CNC)oc3c2)cc1. The maximum absolute atomic E-state index is 5.68. The molecule has 0 aliphatic carbocycles. The minimum absolute atomic E-state index is 0.608. The van der Waals surface area contributed by atoms with Crippen molar-refractivity contribution in [1.29, 1.82) is 0 Å². The molecule has 0 atom stereocenters. The number of hydrogen-bond donors (Lipinski definition) is 1. The molecule has 2 aromatic heterocycles. The van der Waals surface area contributed by atoms with E-state index in [1.165, 1.54) is 5.56 Å². The number of nitrogens with one attached hydrogen (secondary N) is 1. The molecule has 0 saturated carbocycles. The molecule has 2 heterocycles. The molecule has 0 fully saturated rings. The van der Waals surface area contributed by atoms with Gasteiger partial charge in [-0.3, -0.25) is 0 Å². The van der Waals surface area contributed by atoms with E-state index >= 15 is 0 Å². The van der Waals surface area contributed by atoms with E-state index in [1.807, 2.05) is 19.3 Å². The van der Waals surface area contributed by atoms with Crippen LogP contribution in [0.2, 0.25) is 0 Å². The summed E-state index contributed by atoms with van der Waals surface area (Å²) >= 11 is 0. The molecular formula is C16H17N3O. The van der Waals surface area contributed by atoms with Gasteiger partial charge in [-0.2, -0.15) is 4.98 Å². The lowest BCUT2D eigenvalue weighted by Gasteiger charge is -2.02. The topological polar surface area (TPSA) is 51.0 Å². The molecule has 0 amide bonds. The number of aromatic nitrogens is 2. The van der Waals surface area contributed by atoms with Crippen LogP contribution in [0.4, 0.5) is 0 Å². The van der Waals surface area contributed by atoms with Crippen LogP contribution in [-0.2, 0) is 13.0 Å². The normalized spacial score (nSPS) is 11.1. The van der Waals surface area contributed by atoms with Gasteiger partial charge in [0.2, 0.25) is 5.89 Å². The zero-order valence-corrected chi connectivity index (χ0v) is 11.7. The highest BCUT2D eigenvalue weighted by molar-refractivity contribution is 5.76. The molecule has 1 N–H and O–H groups in total. The summed E-state index contributed by atoms with van der Waals surface area (Å²) < 4.78 is 5.68. The molecule has 0 spiro atoms. The van der Waals surface area contributed by atoms with Crippen LogP contribution in [0.1, 0.15) is 18.4 Å². The number of nitrogens with zero attached hydrogens (tertiary/aromatic N) is 2. The van der Waals surface area contributed by atoms with Gasteiger partial charge in [-0.15, -0.1) is 0 Å². The van der Waals surface area contributed by atoms with Crippen molar-refractivity contribution in [3.63, 3.8) is 0 Å². The van der Waals surface area contributed by atoms with Gasteiger partial charge in [0.05, 0.1) is 6.54 Å². The third kappa shape index (κ3) is 2.42. The molecule has 3 aromatic rings. The summed E-state index contributed by atoms with van der Waals surface area (Å²) in [6.07, 6.45) is 2.89. The molecule has 0 unspecified atom stereocenters. The molecule has 0 aliphatic rings. The molecule has 0 saturated heterocycles. The average Bonchev–Trinajstić information content (AvgIpc) is 2.89. The van der Waals surface area contributed by atoms with Gasteiger partial charge in [0.15, 0.2) is 11.2 Å². The number of pyridine rings is 1. The predicted octanol–water partition coefficient (Wildman–Crippen LogP) is 3.17. The summed E-state index contributed by atoms with van der Waals surface area (Å²) in [4.78, 5) is 8.69. The summed E-state index contributed by atoms with van der Waals surface area (Å²) in [6, 6.07) is 10.5. The molecular weight excluding hydrogens is 250 g/mol. The highest BCUT2D eigenvalue weighted by Crippen LogP contribution is 2.23. The third-order valence-electron chi connectivity index (χ3n) is 3.31. The van der Waals surface area contributed by atoms with E-state index in [0.29, 0.717) is 18.1 Å². The van der Waals surface area contributed by atoms with Crippen LogP contribution in [0.3, 0.4) is 0 Å². The highest BCUT2D eigenvalue weighted by Gasteiger charge is 2.08. The number of aryl methyl sites for hydroxylation is 1. The number of oxazole rings is 1. The minimum atomic E-state index is 0.608. The lowest BCUT2D eigenvalue weighted by molar-refractivity contribution is 0.511. The van der Waals surface area contributed by atoms with Crippen LogP contribution < -0.4 is 5.32 Å². The monoisotopic (exact) mass is 267 g/mol. The summed E-state index contributed by atoms with van der Waals surface area (Å²) in [7, 11) is 1.86. The molecule has 0 radical (unpaired) electrons. The Morgan fingerprint density at radius 3 is 2.65 bits per heavy atom. The van der Waals surface area contributed by atoms with E-state index in [2.05, 4.69) is 46.5 Å². The summed E-state index contributed by atoms with van der Waals surface area (Å²) in [5.41, 5.74) is 4.91. The number of benzene rings is 1. The second kappa shape index (κ2) is 5.43. The second-order valence-corrected chi connectivity index (χ2v) is 4.73. The van der Waals surface area contributed by atoms with Crippen LogP contribution in [0.25, 0.3) is 22.4 Å². The average molecular weight is 267 g/mol. The molecule has 0 bridgehead atoms. The van der Waals surface area contributed by atoms with Crippen molar-refractivity contribution >= 4 is 11.2 Å². The Balaban J connectivity index is 1.98. The fraction of sp³-hybridized carbons (Fsp3) is 0.250. The molecule has 4 heteroatoms. The zero-order valence-electron chi connectivity index (χ0n) is 11.7. The Morgan fingerprint density at radius 2 is 1.95 bits per heavy atom. The maximum Gasteiger partial charge on any atom is 0.211 e. The van der Waals surface area contributed by atoms with Gasteiger partial charge < -0.3 is 9.73 Å². The van der Waals surface area contributed by atoms with Crippen LogP contribution >= 0.6 is 0 Å².